The lowest BCUT2D eigenvalue weighted by molar-refractivity contribution is -0.132. The Morgan fingerprint density at radius 3 is 2.29 bits per heavy atom. The summed E-state index contributed by atoms with van der Waals surface area (Å²) in [5.41, 5.74) is 1.65. The van der Waals surface area contributed by atoms with Gasteiger partial charge in [-0.3, -0.25) is 9.59 Å². The number of fused-ring (bicyclic) bond motifs is 1. The molecule has 1 aliphatic carbocycles. The Bertz CT molecular complexity index is 917. The summed E-state index contributed by atoms with van der Waals surface area (Å²) in [4.78, 5) is 28.8. The molecule has 0 atom stereocenters. The molecular formula is C23H33N3O4S. The standard InChI is InChI=1S/C23H33N3O4S/c27-22(25-14-5-6-15-25)11-12-23(28)26-16-13-18-17-20(9-10-21(18)26)31(29,30)24-19-7-3-1-2-4-8-19/h9-10,17,19,24H,1-8,11-16H2. The number of nitrogens with zero attached hydrogens (tertiary/aromatic N) is 2. The maximum absolute atomic E-state index is 12.9. The van der Waals surface area contributed by atoms with Gasteiger partial charge < -0.3 is 9.80 Å². The molecular weight excluding hydrogens is 414 g/mol. The van der Waals surface area contributed by atoms with Gasteiger partial charge in [0.05, 0.1) is 4.90 Å². The monoisotopic (exact) mass is 447 g/mol. The van der Waals surface area contributed by atoms with Crippen LogP contribution in [0, 0.1) is 0 Å². The normalized spacial score (nSPS) is 20.0. The van der Waals surface area contributed by atoms with Gasteiger partial charge in [-0.15, -0.1) is 0 Å². The number of likely N-dealkylation sites (tertiary alicyclic amines) is 1. The number of rotatable bonds is 6. The zero-order valence-electron chi connectivity index (χ0n) is 18.1. The fourth-order valence-electron chi connectivity index (χ4n) is 4.96. The van der Waals surface area contributed by atoms with E-state index in [9.17, 15) is 18.0 Å². The first-order valence-corrected chi connectivity index (χ1v) is 13.2. The molecule has 0 bridgehead atoms. The van der Waals surface area contributed by atoms with Crippen molar-refractivity contribution in [2.75, 3.05) is 24.5 Å². The number of hydrogen-bond donors (Lipinski definition) is 1. The van der Waals surface area contributed by atoms with Crippen molar-refractivity contribution < 1.29 is 18.0 Å². The topological polar surface area (TPSA) is 86.8 Å². The molecule has 2 fully saturated rings. The lowest BCUT2D eigenvalue weighted by atomic mass is 10.1. The number of carbonyl (C=O) groups is 2. The second kappa shape index (κ2) is 9.69. The highest BCUT2D eigenvalue weighted by Gasteiger charge is 2.28. The number of anilines is 1. The molecule has 31 heavy (non-hydrogen) atoms. The van der Waals surface area contributed by atoms with E-state index >= 15 is 0 Å². The second-order valence-electron chi connectivity index (χ2n) is 8.98. The van der Waals surface area contributed by atoms with Crippen molar-refractivity contribution in [3.05, 3.63) is 23.8 Å². The third-order valence-corrected chi connectivity index (χ3v) is 8.26. The predicted molar refractivity (Wildman–Crippen MR) is 119 cm³/mol. The van der Waals surface area contributed by atoms with Crippen LogP contribution in [0.25, 0.3) is 0 Å². The van der Waals surface area contributed by atoms with Gasteiger partial charge in [0, 0.05) is 44.2 Å². The third kappa shape index (κ3) is 5.29. The van der Waals surface area contributed by atoms with Gasteiger partial charge in [0.15, 0.2) is 0 Å². The van der Waals surface area contributed by atoms with Crippen molar-refractivity contribution in [3.63, 3.8) is 0 Å². The van der Waals surface area contributed by atoms with Gasteiger partial charge in [0.25, 0.3) is 0 Å². The molecule has 1 aromatic rings. The van der Waals surface area contributed by atoms with Gasteiger partial charge in [0.2, 0.25) is 21.8 Å². The molecule has 2 heterocycles. The van der Waals surface area contributed by atoms with E-state index in [1.54, 1.807) is 23.1 Å². The van der Waals surface area contributed by atoms with Gasteiger partial charge in [-0.1, -0.05) is 25.7 Å². The maximum atomic E-state index is 12.9. The summed E-state index contributed by atoms with van der Waals surface area (Å²) in [7, 11) is -3.57. The lowest BCUT2D eigenvalue weighted by Gasteiger charge is -2.20. The highest BCUT2D eigenvalue weighted by Crippen LogP contribution is 2.31. The average molecular weight is 448 g/mol. The zero-order valence-corrected chi connectivity index (χ0v) is 19.0. The Balaban J connectivity index is 1.38. The minimum Gasteiger partial charge on any atom is -0.343 e. The molecule has 2 amide bonds. The van der Waals surface area contributed by atoms with E-state index < -0.39 is 10.0 Å². The van der Waals surface area contributed by atoms with Crippen molar-refractivity contribution in [2.45, 2.75) is 81.6 Å². The zero-order chi connectivity index (χ0) is 21.8. The highest BCUT2D eigenvalue weighted by atomic mass is 32.2. The molecule has 7 nitrogen and oxygen atoms in total. The fourth-order valence-corrected chi connectivity index (χ4v) is 6.32. The molecule has 8 heteroatoms. The van der Waals surface area contributed by atoms with Crippen LogP contribution in [0.4, 0.5) is 5.69 Å². The number of nitrogens with one attached hydrogen (secondary N) is 1. The summed E-state index contributed by atoms with van der Waals surface area (Å²) in [6.45, 7) is 2.13. The molecule has 1 aromatic carbocycles. The van der Waals surface area contributed by atoms with Crippen LogP contribution in [-0.2, 0) is 26.0 Å². The highest BCUT2D eigenvalue weighted by molar-refractivity contribution is 7.89. The molecule has 1 saturated carbocycles. The van der Waals surface area contributed by atoms with Crippen LogP contribution in [0.1, 0.15) is 69.8 Å². The molecule has 4 rings (SSSR count). The molecule has 3 aliphatic rings. The van der Waals surface area contributed by atoms with Crippen molar-refractivity contribution in [1.82, 2.24) is 9.62 Å². The molecule has 0 unspecified atom stereocenters. The van der Waals surface area contributed by atoms with Crippen molar-refractivity contribution in [2.24, 2.45) is 0 Å². The number of hydrogen-bond acceptors (Lipinski definition) is 4. The van der Waals surface area contributed by atoms with Gasteiger partial charge in [-0.2, -0.15) is 0 Å². The van der Waals surface area contributed by atoms with Crippen LogP contribution in [0.3, 0.4) is 0 Å². The Hall–Kier alpha value is -1.93. The summed E-state index contributed by atoms with van der Waals surface area (Å²) in [6, 6.07) is 5.05. The largest absolute Gasteiger partial charge is 0.343 e. The predicted octanol–water partition coefficient (Wildman–Crippen LogP) is 2.98. The van der Waals surface area contributed by atoms with Crippen LogP contribution in [0.15, 0.2) is 23.1 Å². The molecule has 170 valence electrons. The minimum atomic E-state index is -3.57. The van der Waals surface area contributed by atoms with Gasteiger partial charge in [0.1, 0.15) is 0 Å². The Morgan fingerprint density at radius 2 is 1.58 bits per heavy atom. The number of carbonyl (C=O) groups excluding carboxylic acids is 2. The lowest BCUT2D eigenvalue weighted by Crippen LogP contribution is -2.34. The Labute approximate surface area is 185 Å². The molecule has 1 saturated heterocycles. The van der Waals surface area contributed by atoms with Gasteiger partial charge in [-0.05, 0) is 55.9 Å². The Morgan fingerprint density at radius 1 is 0.903 bits per heavy atom. The second-order valence-corrected chi connectivity index (χ2v) is 10.7. The van der Waals surface area contributed by atoms with E-state index in [1.165, 1.54) is 12.8 Å². The first-order chi connectivity index (χ1) is 14.9. The first kappa shape index (κ1) is 22.3. The molecule has 0 radical (unpaired) electrons. The summed E-state index contributed by atoms with van der Waals surface area (Å²) in [5, 5.41) is 0. The van der Waals surface area contributed by atoms with Crippen molar-refractivity contribution in [1.29, 1.82) is 0 Å². The van der Waals surface area contributed by atoms with E-state index in [1.807, 2.05) is 4.90 Å². The SMILES string of the molecule is O=C(CCC(=O)N1CCc2cc(S(=O)(=O)NC3CCCCCC3)ccc21)N1CCCC1. The molecule has 2 aliphatic heterocycles. The van der Waals surface area contributed by atoms with Gasteiger partial charge >= 0.3 is 0 Å². The van der Waals surface area contributed by atoms with E-state index in [2.05, 4.69) is 4.72 Å². The van der Waals surface area contributed by atoms with Crippen LogP contribution >= 0.6 is 0 Å². The number of amides is 2. The van der Waals surface area contributed by atoms with Gasteiger partial charge in [-0.25, -0.2) is 13.1 Å². The summed E-state index contributed by atoms with van der Waals surface area (Å²) in [6.07, 6.45) is 9.40. The molecule has 1 N–H and O–H groups in total. The van der Waals surface area contributed by atoms with Crippen molar-refractivity contribution in [3.8, 4) is 0 Å². The number of benzene rings is 1. The quantitative estimate of drug-likeness (QED) is 0.679. The third-order valence-electron chi connectivity index (χ3n) is 6.75. The van der Waals surface area contributed by atoms with Crippen LogP contribution in [0.2, 0.25) is 0 Å². The van der Waals surface area contributed by atoms with E-state index in [0.717, 1.165) is 62.9 Å². The van der Waals surface area contributed by atoms with E-state index in [0.29, 0.717) is 13.0 Å². The fraction of sp³-hybridized carbons (Fsp3) is 0.652. The number of sulfonamides is 1. The van der Waals surface area contributed by atoms with E-state index in [4.69, 9.17) is 0 Å². The van der Waals surface area contributed by atoms with Crippen LogP contribution < -0.4 is 9.62 Å². The minimum absolute atomic E-state index is 0.00646. The smallest absolute Gasteiger partial charge is 0.240 e. The van der Waals surface area contributed by atoms with Crippen LogP contribution in [-0.4, -0.2) is 50.8 Å². The summed E-state index contributed by atoms with van der Waals surface area (Å²) < 4.78 is 28.7. The van der Waals surface area contributed by atoms with Crippen molar-refractivity contribution >= 4 is 27.5 Å². The van der Waals surface area contributed by atoms with Crippen LogP contribution in [0.5, 0.6) is 0 Å². The van der Waals surface area contributed by atoms with E-state index in [-0.39, 0.29) is 35.6 Å². The first-order valence-electron chi connectivity index (χ1n) is 11.7. The Kier molecular flexibility index (Phi) is 6.96. The maximum Gasteiger partial charge on any atom is 0.240 e. The summed E-state index contributed by atoms with van der Waals surface area (Å²) in [5.74, 6) is -0.0187. The molecule has 0 spiro atoms. The average Bonchev–Trinajstić information content (AvgIpc) is 3.37. The molecule has 0 aromatic heterocycles. The summed E-state index contributed by atoms with van der Waals surface area (Å²) >= 11 is 0.